The van der Waals surface area contributed by atoms with Gasteiger partial charge < -0.3 is 9.47 Å². The van der Waals surface area contributed by atoms with Gasteiger partial charge in [0.1, 0.15) is 5.15 Å². The van der Waals surface area contributed by atoms with Crippen molar-refractivity contribution in [1.29, 1.82) is 0 Å². The van der Waals surface area contributed by atoms with Crippen LogP contribution in [0.4, 0.5) is 0 Å². The number of esters is 1. The first-order valence-electron chi connectivity index (χ1n) is 7.04. The number of pyridine rings is 1. The number of aromatic nitrogens is 1. The average molecular weight is 306 g/mol. The van der Waals surface area contributed by atoms with Crippen molar-refractivity contribution >= 4 is 28.5 Å². The Morgan fingerprint density at radius 1 is 1.33 bits per heavy atom. The van der Waals surface area contributed by atoms with E-state index in [2.05, 4.69) is 4.98 Å². The van der Waals surface area contributed by atoms with Crippen LogP contribution in [0.25, 0.3) is 10.9 Å². The molecule has 0 radical (unpaired) electrons. The van der Waals surface area contributed by atoms with Gasteiger partial charge in [0.05, 0.1) is 17.7 Å². The highest BCUT2D eigenvalue weighted by atomic mass is 35.5. The summed E-state index contributed by atoms with van der Waals surface area (Å²) in [4.78, 5) is 16.5. The summed E-state index contributed by atoms with van der Waals surface area (Å²) in [6.07, 6.45) is 1.87. The van der Waals surface area contributed by atoms with E-state index >= 15 is 0 Å². The topological polar surface area (TPSA) is 48.4 Å². The fraction of sp³-hybridized carbons (Fsp3) is 0.375. The zero-order chi connectivity index (χ0) is 14.7. The van der Waals surface area contributed by atoms with Crippen LogP contribution in [0, 0.1) is 5.92 Å². The van der Waals surface area contributed by atoms with Crippen molar-refractivity contribution in [1.82, 2.24) is 4.98 Å². The molecule has 5 heteroatoms. The summed E-state index contributed by atoms with van der Waals surface area (Å²) in [5.74, 6) is 0.0354. The van der Waals surface area contributed by atoms with Crippen LogP contribution in [0.1, 0.15) is 23.2 Å². The molecular weight excluding hydrogens is 290 g/mol. The first kappa shape index (κ1) is 14.3. The van der Waals surface area contributed by atoms with E-state index in [1.165, 1.54) is 0 Å². The van der Waals surface area contributed by atoms with Crippen LogP contribution in [0.5, 0.6) is 0 Å². The lowest BCUT2D eigenvalue weighted by atomic mass is 10.0. The molecule has 1 saturated heterocycles. The molecule has 0 bridgehead atoms. The molecule has 0 unspecified atom stereocenters. The Morgan fingerprint density at radius 2 is 2.10 bits per heavy atom. The maximum Gasteiger partial charge on any atom is 0.338 e. The van der Waals surface area contributed by atoms with Crippen molar-refractivity contribution in [2.24, 2.45) is 5.92 Å². The zero-order valence-electron chi connectivity index (χ0n) is 11.5. The van der Waals surface area contributed by atoms with E-state index in [-0.39, 0.29) is 5.97 Å². The number of halogens is 1. The van der Waals surface area contributed by atoms with E-state index in [0.717, 1.165) is 31.4 Å². The molecule has 1 aromatic carbocycles. The minimum absolute atomic E-state index is 0.298. The minimum atomic E-state index is -0.345. The number of carbonyl (C=O) groups excluding carboxylic acids is 1. The molecule has 1 aromatic heterocycles. The van der Waals surface area contributed by atoms with Gasteiger partial charge in [0.15, 0.2) is 0 Å². The second-order valence-electron chi connectivity index (χ2n) is 5.16. The monoisotopic (exact) mass is 305 g/mol. The Morgan fingerprint density at radius 3 is 2.90 bits per heavy atom. The number of hydrogen-bond donors (Lipinski definition) is 0. The third kappa shape index (κ3) is 3.34. The maximum atomic E-state index is 12.3. The van der Waals surface area contributed by atoms with Crippen molar-refractivity contribution in [3.8, 4) is 0 Å². The molecular formula is C16H16ClNO3. The zero-order valence-corrected chi connectivity index (χ0v) is 12.3. The van der Waals surface area contributed by atoms with Crippen LogP contribution < -0.4 is 0 Å². The molecule has 110 valence electrons. The second kappa shape index (κ2) is 6.41. The lowest BCUT2D eigenvalue weighted by Gasteiger charge is -2.21. The third-order valence-corrected chi connectivity index (χ3v) is 3.89. The van der Waals surface area contributed by atoms with Gasteiger partial charge in [0, 0.05) is 18.6 Å². The normalized spacial score (nSPS) is 16.0. The van der Waals surface area contributed by atoms with Crippen LogP contribution in [-0.2, 0) is 9.47 Å². The number of nitrogens with zero attached hydrogens (tertiary/aromatic N) is 1. The summed E-state index contributed by atoms with van der Waals surface area (Å²) in [6, 6.07) is 8.98. The predicted octanol–water partition coefficient (Wildman–Crippen LogP) is 3.47. The molecule has 2 heterocycles. The number of carbonyl (C=O) groups is 1. The molecule has 0 saturated carbocycles. The van der Waals surface area contributed by atoms with Crippen LogP contribution in [0.3, 0.4) is 0 Å². The standard InChI is InChI=1S/C16H16ClNO3/c17-15-9-13(12-3-1-2-4-14(12)18-15)16(19)21-10-11-5-7-20-8-6-11/h1-4,9,11H,5-8,10H2. The van der Waals surface area contributed by atoms with E-state index in [9.17, 15) is 4.79 Å². The number of ether oxygens (including phenoxy) is 2. The summed E-state index contributed by atoms with van der Waals surface area (Å²) >= 11 is 5.98. The van der Waals surface area contributed by atoms with E-state index < -0.39 is 0 Å². The second-order valence-corrected chi connectivity index (χ2v) is 5.55. The van der Waals surface area contributed by atoms with Crippen LogP contribution in [-0.4, -0.2) is 30.8 Å². The average Bonchev–Trinajstić information content (AvgIpc) is 2.52. The van der Waals surface area contributed by atoms with E-state index in [4.69, 9.17) is 21.1 Å². The highest BCUT2D eigenvalue weighted by Crippen LogP contribution is 2.22. The van der Waals surface area contributed by atoms with Crippen LogP contribution in [0.15, 0.2) is 30.3 Å². The highest BCUT2D eigenvalue weighted by molar-refractivity contribution is 6.30. The first-order valence-corrected chi connectivity index (χ1v) is 7.42. The van der Waals surface area contributed by atoms with Gasteiger partial charge in [0.25, 0.3) is 0 Å². The molecule has 1 fully saturated rings. The Bertz CT molecular complexity index is 653. The Labute approximate surface area is 128 Å². The lowest BCUT2D eigenvalue weighted by molar-refractivity contribution is 0.0187. The van der Waals surface area contributed by atoms with Crippen molar-refractivity contribution in [2.75, 3.05) is 19.8 Å². The Kier molecular flexibility index (Phi) is 4.36. The molecule has 2 aromatic rings. The van der Waals surface area contributed by atoms with Crippen LogP contribution >= 0.6 is 11.6 Å². The van der Waals surface area contributed by atoms with Crippen LogP contribution in [0.2, 0.25) is 5.15 Å². The minimum Gasteiger partial charge on any atom is -0.462 e. The van der Waals surface area contributed by atoms with Crippen molar-refractivity contribution in [2.45, 2.75) is 12.8 Å². The van der Waals surface area contributed by atoms with Gasteiger partial charge in [-0.2, -0.15) is 0 Å². The van der Waals surface area contributed by atoms with Gasteiger partial charge in [-0.05, 0) is 30.9 Å². The van der Waals surface area contributed by atoms with Gasteiger partial charge in [0.2, 0.25) is 0 Å². The van der Waals surface area contributed by atoms with Gasteiger partial charge in [-0.25, -0.2) is 9.78 Å². The number of para-hydroxylation sites is 1. The van der Waals surface area contributed by atoms with Crippen molar-refractivity contribution in [3.05, 3.63) is 41.0 Å². The Balaban J connectivity index is 1.77. The molecule has 0 spiro atoms. The summed E-state index contributed by atoms with van der Waals surface area (Å²) in [7, 11) is 0. The van der Waals surface area contributed by atoms with E-state index in [0.29, 0.717) is 28.8 Å². The quantitative estimate of drug-likeness (QED) is 0.643. The lowest BCUT2D eigenvalue weighted by Crippen LogP contribution is -2.22. The van der Waals surface area contributed by atoms with Gasteiger partial charge >= 0.3 is 5.97 Å². The number of rotatable bonds is 3. The predicted molar refractivity (Wildman–Crippen MR) is 80.6 cm³/mol. The fourth-order valence-corrected chi connectivity index (χ4v) is 2.70. The third-order valence-electron chi connectivity index (χ3n) is 3.70. The van der Waals surface area contributed by atoms with E-state index in [1.807, 2.05) is 24.3 Å². The Hall–Kier alpha value is -1.65. The molecule has 1 aliphatic heterocycles. The molecule has 4 nitrogen and oxygen atoms in total. The number of fused-ring (bicyclic) bond motifs is 1. The molecule has 3 rings (SSSR count). The van der Waals surface area contributed by atoms with E-state index in [1.54, 1.807) is 6.07 Å². The van der Waals surface area contributed by atoms with Crippen molar-refractivity contribution < 1.29 is 14.3 Å². The molecule has 0 amide bonds. The molecule has 0 aliphatic carbocycles. The first-order chi connectivity index (χ1) is 10.2. The summed E-state index contributed by atoms with van der Waals surface area (Å²) in [6.45, 7) is 1.91. The summed E-state index contributed by atoms with van der Waals surface area (Å²) < 4.78 is 10.7. The fourth-order valence-electron chi connectivity index (χ4n) is 2.50. The van der Waals surface area contributed by atoms with Gasteiger partial charge in [-0.1, -0.05) is 29.8 Å². The van der Waals surface area contributed by atoms with Gasteiger partial charge in [-0.15, -0.1) is 0 Å². The highest BCUT2D eigenvalue weighted by Gasteiger charge is 2.18. The summed E-state index contributed by atoms with van der Waals surface area (Å²) in [5.41, 5.74) is 1.17. The molecule has 0 N–H and O–H groups in total. The number of hydrogen-bond acceptors (Lipinski definition) is 4. The molecule has 1 aliphatic rings. The number of benzene rings is 1. The van der Waals surface area contributed by atoms with Crippen molar-refractivity contribution in [3.63, 3.8) is 0 Å². The van der Waals surface area contributed by atoms with Gasteiger partial charge in [-0.3, -0.25) is 0 Å². The SMILES string of the molecule is O=C(OCC1CCOCC1)c1cc(Cl)nc2ccccc12. The smallest absolute Gasteiger partial charge is 0.338 e. The molecule has 0 atom stereocenters. The summed E-state index contributed by atoms with van der Waals surface area (Å²) in [5, 5.41) is 1.06. The largest absolute Gasteiger partial charge is 0.462 e. The maximum absolute atomic E-state index is 12.3. The molecule has 21 heavy (non-hydrogen) atoms.